The lowest BCUT2D eigenvalue weighted by molar-refractivity contribution is -0.137. The molecule has 172 valence electrons. The van der Waals surface area contributed by atoms with E-state index in [0.717, 1.165) is 16.7 Å². The third-order valence-corrected chi connectivity index (χ3v) is 4.72. The van der Waals surface area contributed by atoms with Crippen molar-refractivity contribution in [2.75, 3.05) is 6.54 Å². The summed E-state index contributed by atoms with van der Waals surface area (Å²) in [5.41, 5.74) is 3.69. The van der Waals surface area contributed by atoms with Gasteiger partial charge in [-0.3, -0.25) is 14.4 Å². The Morgan fingerprint density at radius 3 is 2.44 bits per heavy atom. The fraction of sp³-hybridized carbons (Fsp3) is 0.391. The Labute approximate surface area is 187 Å². The molecule has 1 aromatic carbocycles. The predicted molar refractivity (Wildman–Crippen MR) is 120 cm³/mol. The number of hydrogen-bond acceptors (Lipinski definition) is 4. The molecule has 2 rings (SSSR count). The van der Waals surface area contributed by atoms with Gasteiger partial charge in [0.15, 0.2) is 0 Å². The van der Waals surface area contributed by atoms with Crippen LogP contribution in [0.1, 0.15) is 36.5 Å². The van der Waals surface area contributed by atoms with Crippen molar-refractivity contribution in [3.8, 4) is 0 Å². The molecule has 9 heteroatoms. The summed E-state index contributed by atoms with van der Waals surface area (Å²) in [6.45, 7) is 5.70. The predicted octanol–water partition coefficient (Wildman–Crippen LogP) is 1.45. The second-order valence-corrected chi connectivity index (χ2v) is 7.96. The fourth-order valence-electron chi connectivity index (χ4n) is 3.43. The minimum absolute atomic E-state index is 0.200. The summed E-state index contributed by atoms with van der Waals surface area (Å²) in [5.74, 6) is -1.91. The number of benzene rings is 1. The van der Waals surface area contributed by atoms with Crippen LogP contribution in [0.3, 0.4) is 0 Å². The van der Waals surface area contributed by atoms with Crippen LogP contribution in [0.2, 0.25) is 0 Å². The van der Waals surface area contributed by atoms with E-state index in [9.17, 15) is 19.2 Å². The first kappa shape index (κ1) is 24.6. The topological polar surface area (TPSA) is 137 Å². The number of allylic oxidation sites excluding steroid dienone is 2. The van der Waals surface area contributed by atoms with Crippen molar-refractivity contribution in [2.45, 2.75) is 52.2 Å². The molecule has 0 saturated carbocycles. The Morgan fingerprint density at radius 2 is 1.78 bits per heavy atom. The zero-order valence-corrected chi connectivity index (χ0v) is 18.5. The van der Waals surface area contributed by atoms with Gasteiger partial charge in [0.1, 0.15) is 0 Å². The molecule has 2 unspecified atom stereocenters. The van der Waals surface area contributed by atoms with Crippen LogP contribution in [0, 0.1) is 13.8 Å². The van der Waals surface area contributed by atoms with Crippen LogP contribution in [0.15, 0.2) is 42.0 Å². The van der Waals surface area contributed by atoms with Gasteiger partial charge in [0.05, 0.1) is 19.0 Å². The van der Waals surface area contributed by atoms with Gasteiger partial charge in [0, 0.05) is 24.6 Å². The number of carboxylic acids is 1. The van der Waals surface area contributed by atoms with Gasteiger partial charge in [0.2, 0.25) is 11.8 Å². The summed E-state index contributed by atoms with van der Waals surface area (Å²) < 4.78 is 0. The Balaban J connectivity index is 1.76. The third-order valence-electron chi connectivity index (χ3n) is 4.72. The number of carboxylic acid groups (broad SMARTS) is 1. The van der Waals surface area contributed by atoms with Crippen LogP contribution in [-0.4, -0.2) is 47.5 Å². The average molecular weight is 443 g/mol. The van der Waals surface area contributed by atoms with Crippen LogP contribution in [0.25, 0.3) is 0 Å². The molecule has 0 aliphatic heterocycles. The molecule has 0 fully saturated rings. The monoisotopic (exact) mass is 442 g/mol. The van der Waals surface area contributed by atoms with E-state index in [1.807, 2.05) is 26.0 Å². The van der Waals surface area contributed by atoms with Gasteiger partial charge >= 0.3 is 12.0 Å². The number of amides is 4. The highest BCUT2D eigenvalue weighted by atomic mass is 16.4. The molecule has 0 radical (unpaired) electrons. The summed E-state index contributed by atoms with van der Waals surface area (Å²) in [7, 11) is 0. The lowest BCUT2D eigenvalue weighted by Crippen LogP contribution is -2.44. The second kappa shape index (κ2) is 11.7. The van der Waals surface area contributed by atoms with Crippen molar-refractivity contribution >= 4 is 23.8 Å². The molecule has 0 saturated heterocycles. The number of carbonyl (C=O) groups excluding carboxylic acids is 3. The van der Waals surface area contributed by atoms with Gasteiger partial charge in [0.25, 0.3) is 0 Å². The van der Waals surface area contributed by atoms with Gasteiger partial charge in [-0.1, -0.05) is 47.6 Å². The third kappa shape index (κ3) is 8.63. The van der Waals surface area contributed by atoms with E-state index in [1.54, 1.807) is 25.2 Å². The Hall–Kier alpha value is -3.62. The molecule has 0 aromatic heterocycles. The van der Waals surface area contributed by atoms with Crippen molar-refractivity contribution in [3.05, 3.63) is 58.7 Å². The zero-order chi connectivity index (χ0) is 23.7. The fourth-order valence-corrected chi connectivity index (χ4v) is 3.43. The van der Waals surface area contributed by atoms with Crippen LogP contribution in [0.5, 0.6) is 0 Å². The van der Waals surface area contributed by atoms with Crippen molar-refractivity contribution in [2.24, 2.45) is 0 Å². The lowest BCUT2D eigenvalue weighted by atomic mass is 10.00. The highest BCUT2D eigenvalue weighted by molar-refractivity contribution is 5.96. The van der Waals surface area contributed by atoms with E-state index in [0.29, 0.717) is 12.1 Å². The Morgan fingerprint density at radius 1 is 1.09 bits per heavy atom. The number of carbonyl (C=O) groups is 4. The first-order valence-corrected chi connectivity index (χ1v) is 10.4. The summed E-state index contributed by atoms with van der Waals surface area (Å²) in [6, 6.07) is 4.85. The van der Waals surface area contributed by atoms with E-state index in [4.69, 9.17) is 5.11 Å². The van der Waals surface area contributed by atoms with Gasteiger partial charge in [-0.05, 0) is 26.3 Å². The SMILES string of the molecule is Cc1cc(C)cc(CNC(=O)NC2C=CC=C(C(=O)NCC(=O)NC(C)CC(=O)O)C2)c1. The lowest BCUT2D eigenvalue weighted by Gasteiger charge is -2.20. The maximum absolute atomic E-state index is 12.4. The molecule has 0 bridgehead atoms. The van der Waals surface area contributed by atoms with E-state index < -0.39 is 23.8 Å². The number of nitrogens with one attached hydrogen (secondary N) is 4. The van der Waals surface area contributed by atoms with Gasteiger partial charge in [-0.15, -0.1) is 0 Å². The van der Waals surface area contributed by atoms with Crippen LogP contribution in [-0.2, 0) is 20.9 Å². The van der Waals surface area contributed by atoms with E-state index >= 15 is 0 Å². The molecule has 9 nitrogen and oxygen atoms in total. The molecule has 0 spiro atoms. The van der Waals surface area contributed by atoms with Crippen molar-refractivity contribution in [1.82, 2.24) is 21.3 Å². The summed E-state index contributed by atoms with van der Waals surface area (Å²) in [6.07, 6.45) is 5.19. The molecule has 0 heterocycles. The number of aryl methyl sites for hydroxylation is 2. The first-order chi connectivity index (χ1) is 15.1. The van der Waals surface area contributed by atoms with Crippen molar-refractivity contribution in [3.63, 3.8) is 0 Å². The highest BCUT2D eigenvalue weighted by Crippen LogP contribution is 2.13. The normalized spacial score (nSPS) is 15.8. The summed E-state index contributed by atoms with van der Waals surface area (Å²) >= 11 is 0. The molecule has 1 aromatic rings. The minimum atomic E-state index is -1.02. The van der Waals surface area contributed by atoms with Gasteiger partial charge < -0.3 is 26.4 Å². The number of rotatable bonds is 9. The highest BCUT2D eigenvalue weighted by Gasteiger charge is 2.19. The quantitative estimate of drug-likeness (QED) is 0.394. The molecule has 2 atom stereocenters. The van der Waals surface area contributed by atoms with Crippen LogP contribution < -0.4 is 21.3 Å². The molecule has 5 N–H and O–H groups in total. The standard InChI is InChI=1S/C23H30N4O5/c1-14-7-15(2)9-17(8-14)12-25-23(32)27-19-6-4-5-18(11-19)22(31)24-13-20(28)26-16(3)10-21(29)30/h4-9,16,19H,10-13H2,1-3H3,(H,24,31)(H,26,28)(H,29,30)(H2,25,27,32). The van der Waals surface area contributed by atoms with Crippen molar-refractivity contribution < 1.29 is 24.3 Å². The van der Waals surface area contributed by atoms with Crippen molar-refractivity contribution in [1.29, 1.82) is 0 Å². The van der Waals surface area contributed by atoms with E-state index in [2.05, 4.69) is 27.3 Å². The Bertz CT molecular complexity index is 918. The van der Waals surface area contributed by atoms with E-state index in [-0.39, 0.29) is 31.5 Å². The summed E-state index contributed by atoms with van der Waals surface area (Å²) in [5, 5.41) is 19.4. The number of hydrogen-bond donors (Lipinski definition) is 5. The molecule has 1 aliphatic rings. The van der Waals surface area contributed by atoms with Crippen LogP contribution >= 0.6 is 0 Å². The van der Waals surface area contributed by atoms with Gasteiger partial charge in [-0.25, -0.2) is 4.79 Å². The van der Waals surface area contributed by atoms with Crippen LogP contribution in [0.4, 0.5) is 4.79 Å². The second-order valence-electron chi connectivity index (χ2n) is 7.96. The van der Waals surface area contributed by atoms with Gasteiger partial charge in [-0.2, -0.15) is 0 Å². The zero-order valence-electron chi connectivity index (χ0n) is 18.5. The number of aliphatic carboxylic acids is 1. The first-order valence-electron chi connectivity index (χ1n) is 10.4. The number of urea groups is 1. The molecule has 4 amide bonds. The molecule has 32 heavy (non-hydrogen) atoms. The Kier molecular flexibility index (Phi) is 9.00. The maximum atomic E-state index is 12.4. The largest absolute Gasteiger partial charge is 0.481 e. The summed E-state index contributed by atoms with van der Waals surface area (Å²) in [4.78, 5) is 47.1. The molecular weight excluding hydrogens is 412 g/mol. The minimum Gasteiger partial charge on any atom is -0.481 e. The smallest absolute Gasteiger partial charge is 0.315 e. The van der Waals surface area contributed by atoms with E-state index in [1.165, 1.54) is 0 Å². The molecular formula is C23H30N4O5. The average Bonchev–Trinajstić information content (AvgIpc) is 2.69. The molecule has 1 aliphatic carbocycles. The maximum Gasteiger partial charge on any atom is 0.315 e.